The monoisotopic (exact) mass is 320 g/mol. The third-order valence-corrected chi connectivity index (χ3v) is 3.29. The minimum absolute atomic E-state index is 0.0379. The Hall–Kier alpha value is -2.54. The minimum atomic E-state index is -0.764. The number of hydrogen-bond acceptors (Lipinski definition) is 4. The first kappa shape index (κ1) is 15.4. The van der Waals surface area contributed by atoms with Crippen LogP contribution in [0.25, 0.3) is 0 Å². The SMILES string of the molecule is O=C(Nc1cc(F)cc(F)c1)c1ccnc(OC2CCOC2)c1. The van der Waals surface area contributed by atoms with E-state index >= 15 is 0 Å². The summed E-state index contributed by atoms with van der Waals surface area (Å²) in [5, 5.41) is 2.43. The summed E-state index contributed by atoms with van der Waals surface area (Å²) in [6.45, 7) is 1.12. The Labute approximate surface area is 131 Å². The van der Waals surface area contributed by atoms with Gasteiger partial charge in [-0.05, 0) is 18.2 Å². The van der Waals surface area contributed by atoms with Gasteiger partial charge in [0.25, 0.3) is 5.91 Å². The summed E-state index contributed by atoms with van der Waals surface area (Å²) in [4.78, 5) is 16.2. The van der Waals surface area contributed by atoms with Crippen LogP contribution in [0.3, 0.4) is 0 Å². The summed E-state index contributed by atoms with van der Waals surface area (Å²) in [6.07, 6.45) is 2.12. The van der Waals surface area contributed by atoms with E-state index in [1.54, 1.807) is 0 Å². The van der Waals surface area contributed by atoms with Gasteiger partial charge in [0.05, 0.1) is 13.2 Å². The van der Waals surface area contributed by atoms with E-state index in [1.165, 1.54) is 18.3 Å². The minimum Gasteiger partial charge on any atom is -0.472 e. The maximum atomic E-state index is 13.1. The fraction of sp³-hybridized carbons (Fsp3) is 0.250. The topological polar surface area (TPSA) is 60.5 Å². The van der Waals surface area contributed by atoms with Crippen LogP contribution in [0.1, 0.15) is 16.8 Å². The molecule has 0 spiro atoms. The second-order valence-corrected chi connectivity index (χ2v) is 5.10. The lowest BCUT2D eigenvalue weighted by molar-refractivity contribution is 0.102. The van der Waals surface area contributed by atoms with E-state index in [9.17, 15) is 13.6 Å². The number of benzene rings is 1. The molecular weight excluding hydrogens is 306 g/mol. The molecule has 0 radical (unpaired) electrons. The summed E-state index contributed by atoms with van der Waals surface area (Å²) in [5.41, 5.74) is 0.314. The normalized spacial score (nSPS) is 17.0. The van der Waals surface area contributed by atoms with Gasteiger partial charge in [0.15, 0.2) is 0 Å². The van der Waals surface area contributed by atoms with Crippen LogP contribution in [0.2, 0.25) is 0 Å². The molecule has 1 unspecified atom stereocenters. The zero-order chi connectivity index (χ0) is 16.2. The predicted octanol–water partition coefficient (Wildman–Crippen LogP) is 2.78. The highest BCUT2D eigenvalue weighted by atomic mass is 19.1. The van der Waals surface area contributed by atoms with Crippen molar-refractivity contribution < 1.29 is 23.0 Å². The van der Waals surface area contributed by atoms with Gasteiger partial charge in [-0.3, -0.25) is 4.79 Å². The molecule has 1 amide bonds. The second kappa shape index (κ2) is 6.70. The van der Waals surface area contributed by atoms with Crippen molar-refractivity contribution in [3.8, 4) is 5.88 Å². The molecule has 1 saturated heterocycles. The third-order valence-electron chi connectivity index (χ3n) is 3.29. The molecule has 0 saturated carbocycles. The smallest absolute Gasteiger partial charge is 0.255 e. The number of aromatic nitrogens is 1. The molecule has 1 fully saturated rings. The molecule has 1 atom stereocenters. The Morgan fingerprint density at radius 1 is 1.26 bits per heavy atom. The average molecular weight is 320 g/mol. The molecule has 1 aliphatic rings. The number of halogens is 2. The van der Waals surface area contributed by atoms with Crippen molar-refractivity contribution in [2.45, 2.75) is 12.5 Å². The zero-order valence-electron chi connectivity index (χ0n) is 12.1. The number of amides is 1. The summed E-state index contributed by atoms with van der Waals surface area (Å²) < 4.78 is 37.1. The van der Waals surface area contributed by atoms with Crippen LogP contribution in [0, 0.1) is 11.6 Å². The number of nitrogens with one attached hydrogen (secondary N) is 1. The van der Waals surface area contributed by atoms with Gasteiger partial charge in [0.2, 0.25) is 5.88 Å². The molecule has 3 rings (SSSR count). The fourth-order valence-corrected chi connectivity index (χ4v) is 2.22. The van der Waals surface area contributed by atoms with Gasteiger partial charge in [-0.2, -0.15) is 0 Å². The summed E-state index contributed by atoms with van der Waals surface area (Å²) >= 11 is 0. The molecule has 0 bridgehead atoms. The Kier molecular flexibility index (Phi) is 4.47. The molecule has 2 aromatic rings. The molecule has 1 aliphatic heterocycles. The Morgan fingerprint density at radius 2 is 2.04 bits per heavy atom. The molecule has 2 heterocycles. The maximum absolute atomic E-state index is 13.1. The number of ether oxygens (including phenoxy) is 2. The average Bonchev–Trinajstić information content (AvgIpc) is 2.99. The first-order valence-corrected chi connectivity index (χ1v) is 7.08. The number of rotatable bonds is 4. The first-order chi connectivity index (χ1) is 11.1. The number of pyridine rings is 1. The van der Waals surface area contributed by atoms with Crippen molar-refractivity contribution in [2.75, 3.05) is 18.5 Å². The van der Waals surface area contributed by atoms with Crippen LogP contribution in [-0.2, 0) is 4.74 Å². The highest BCUT2D eigenvalue weighted by Crippen LogP contribution is 2.18. The van der Waals surface area contributed by atoms with E-state index in [0.717, 1.165) is 24.6 Å². The van der Waals surface area contributed by atoms with Crippen LogP contribution in [0.15, 0.2) is 36.5 Å². The Morgan fingerprint density at radius 3 is 2.74 bits per heavy atom. The zero-order valence-corrected chi connectivity index (χ0v) is 12.1. The van der Waals surface area contributed by atoms with Crippen LogP contribution < -0.4 is 10.1 Å². The van der Waals surface area contributed by atoms with Crippen LogP contribution >= 0.6 is 0 Å². The fourth-order valence-electron chi connectivity index (χ4n) is 2.22. The van der Waals surface area contributed by atoms with E-state index in [4.69, 9.17) is 9.47 Å². The highest BCUT2D eigenvalue weighted by molar-refractivity contribution is 6.04. The molecule has 7 heteroatoms. The molecular formula is C16H14F2N2O3. The van der Waals surface area contributed by atoms with E-state index in [1.807, 2.05) is 0 Å². The number of hydrogen-bond donors (Lipinski definition) is 1. The van der Waals surface area contributed by atoms with Gasteiger partial charge in [0, 0.05) is 36.0 Å². The number of anilines is 1. The third kappa shape index (κ3) is 4.01. The van der Waals surface area contributed by atoms with Crippen molar-refractivity contribution in [3.63, 3.8) is 0 Å². The molecule has 1 aromatic heterocycles. The van der Waals surface area contributed by atoms with Crippen molar-refractivity contribution >= 4 is 11.6 Å². The van der Waals surface area contributed by atoms with Crippen LogP contribution in [0.5, 0.6) is 5.88 Å². The van der Waals surface area contributed by atoms with Gasteiger partial charge in [0.1, 0.15) is 17.7 Å². The maximum Gasteiger partial charge on any atom is 0.255 e. The molecule has 23 heavy (non-hydrogen) atoms. The van der Waals surface area contributed by atoms with Crippen LogP contribution in [0.4, 0.5) is 14.5 Å². The highest BCUT2D eigenvalue weighted by Gasteiger charge is 2.18. The van der Waals surface area contributed by atoms with Gasteiger partial charge in [-0.15, -0.1) is 0 Å². The summed E-state index contributed by atoms with van der Waals surface area (Å²) in [7, 11) is 0. The summed E-state index contributed by atoms with van der Waals surface area (Å²) in [6, 6.07) is 5.77. The van der Waals surface area contributed by atoms with E-state index in [2.05, 4.69) is 10.3 Å². The quantitative estimate of drug-likeness (QED) is 0.941. The van der Waals surface area contributed by atoms with Crippen molar-refractivity contribution in [3.05, 3.63) is 53.7 Å². The Balaban J connectivity index is 1.71. The predicted molar refractivity (Wildman–Crippen MR) is 78.4 cm³/mol. The van der Waals surface area contributed by atoms with Crippen molar-refractivity contribution in [2.24, 2.45) is 0 Å². The lowest BCUT2D eigenvalue weighted by Crippen LogP contribution is -2.17. The first-order valence-electron chi connectivity index (χ1n) is 7.08. The number of carbonyl (C=O) groups is 1. The number of carbonyl (C=O) groups excluding carboxylic acids is 1. The molecule has 0 aliphatic carbocycles. The van der Waals surface area contributed by atoms with Gasteiger partial charge in [-0.1, -0.05) is 0 Å². The molecule has 120 valence electrons. The van der Waals surface area contributed by atoms with Gasteiger partial charge >= 0.3 is 0 Å². The number of nitrogens with zero attached hydrogens (tertiary/aromatic N) is 1. The van der Waals surface area contributed by atoms with E-state index < -0.39 is 17.5 Å². The van der Waals surface area contributed by atoms with E-state index in [-0.39, 0.29) is 17.4 Å². The lowest BCUT2D eigenvalue weighted by atomic mass is 10.2. The van der Waals surface area contributed by atoms with Gasteiger partial charge in [-0.25, -0.2) is 13.8 Å². The van der Waals surface area contributed by atoms with Crippen molar-refractivity contribution in [1.82, 2.24) is 4.98 Å². The second-order valence-electron chi connectivity index (χ2n) is 5.10. The van der Waals surface area contributed by atoms with E-state index in [0.29, 0.717) is 19.1 Å². The lowest BCUT2D eigenvalue weighted by Gasteiger charge is -2.11. The van der Waals surface area contributed by atoms with Gasteiger partial charge < -0.3 is 14.8 Å². The van der Waals surface area contributed by atoms with Crippen molar-refractivity contribution in [1.29, 1.82) is 0 Å². The molecule has 1 N–H and O–H groups in total. The van der Waals surface area contributed by atoms with Crippen LogP contribution in [-0.4, -0.2) is 30.2 Å². The molecule has 5 nitrogen and oxygen atoms in total. The molecule has 1 aromatic carbocycles. The standard InChI is InChI=1S/C16H14F2N2O3/c17-11-6-12(18)8-13(7-11)20-16(21)10-1-3-19-15(5-10)23-14-2-4-22-9-14/h1,3,5-8,14H,2,4,9H2,(H,20,21). The Bertz CT molecular complexity index is 698. The largest absolute Gasteiger partial charge is 0.472 e. The summed E-state index contributed by atoms with van der Waals surface area (Å²) in [5.74, 6) is -1.73.